The molecule has 0 amide bonds. The molecule has 2 unspecified atom stereocenters. The monoisotopic (exact) mass is 286 g/mol. The van der Waals surface area contributed by atoms with Crippen LogP contribution in [-0.2, 0) is 9.05 Å². The predicted octanol–water partition coefficient (Wildman–Crippen LogP) is 2.69. The number of hydrogen-bond acceptors (Lipinski definition) is 6. The molecule has 6 nitrogen and oxygen atoms in total. The van der Waals surface area contributed by atoms with Gasteiger partial charge in [-0.2, -0.15) is 15.7 Å². The third-order valence-electron chi connectivity index (χ3n) is 2.18. The van der Waals surface area contributed by atoms with Crippen molar-refractivity contribution in [1.82, 2.24) is 10.2 Å². The molecule has 0 aliphatic rings. The summed E-state index contributed by atoms with van der Waals surface area (Å²) in [7, 11) is -1.52. The van der Waals surface area contributed by atoms with Crippen molar-refractivity contribution in [1.29, 1.82) is 10.5 Å². The molecule has 0 spiro atoms. The topological polar surface area (TPSA) is 81.3 Å². The van der Waals surface area contributed by atoms with E-state index in [9.17, 15) is 0 Å². The zero-order valence-electron chi connectivity index (χ0n) is 12.4. The van der Waals surface area contributed by atoms with Gasteiger partial charge in [0.05, 0.1) is 12.1 Å². The second-order valence-corrected chi connectivity index (χ2v) is 5.84. The molecule has 0 fully saturated rings. The van der Waals surface area contributed by atoms with Gasteiger partial charge in [0.2, 0.25) is 0 Å². The summed E-state index contributed by atoms with van der Waals surface area (Å²) in [5.41, 5.74) is 0. The lowest BCUT2D eigenvalue weighted by Gasteiger charge is -2.34. The summed E-state index contributed by atoms with van der Waals surface area (Å²) in [6.45, 7) is 11.5. The van der Waals surface area contributed by atoms with E-state index >= 15 is 0 Å². The summed E-state index contributed by atoms with van der Waals surface area (Å²) < 4.78 is 11.0. The zero-order chi connectivity index (χ0) is 15.0. The number of nitrogens with one attached hydrogen (secondary N) is 1. The average molecular weight is 286 g/mol. The maximum absolute atomic E-state index is 8.80. The molecule has 0 saturated carbocycles. The third-order valence-corrected chi connectivity index (χ3v) is 3.59. The molecule has 0 radical (unpaired) electrons. The van der Waals surface area contributed by atoms with E-state index in [0.29, 0.717) is 0 Å². The van der Waals surface area contributed by atoms with Crippen molar-refractivity contribution < 1.29 is 9.05 Å². The molecule has 0 aliphatic heterocycles. The second kappa shape index (κ2) is 9.20. The second-order valence-electron chi connectivity index (χ2n) is 4.71. The van der Waals surface area contributed by atoms with E-state index in [-0.39, 0.29) is 12.1 Å². The van der Waals surface area contributed by atoms with Crippen molar-refractivity contribution in [3.8, 4) is 12.1 Å². The van der Waals surface area contributed by atoms with E-state index in [0.717, 1.165) is 0 Å². The van der Waals surface area contributed by atoms with Gasteiger partial charge in [0.1, 0.15) is 12.2 Å². The van der Waals surface area contributed by atoms with E-state index in [1.807, 2.05) is 44.8 Å². The molecule has 0 saturated heterocycles. The van der Waals surface area contributed by atoms with Gasteiger partial charge < -0.3 is 9.05 Å². The van der Waals surface area contributed by atoms with Gasteiger partial charge in [0, 0.05) is 12.1 Å². The molecule has 7 heteroatoms. The first kappa shape index (κ1) is 18.2. The minimum absolute atomic E-state index is 0.243. The Labute approximate surface area is 117 Å². The van der Waals surface area contributed by atoms with E-state index in [1.54, 1.807) is 13.8 Å². The van der Waals surface area contributed by atoms with Crippen LogP contribution >= 0.6 is 8.53 Å². The van der Waals surface area contributed by atoms with Crippen LogP contribution in [-0.4, -0.2) is 29.3 Å². The maximum Gasteiger partial charge on any atom is 0.273 e. The highest BCUT2D eigenvalue weighted by molar-refractivity contribution is 7.44. The van der Waals surface area contributed by atoms with Gasteiger partial charge in [0.15, 0.2) is 0 Å². The van der Waals surface area contributed by atoms with Crippen LogP contribution in [0.2, 0.25) is 0 Å². The van der Waals surface area contributed by atoms with Crippen LogP contribution in [0.3, 0.4) is 0 Å². The highest BCUT2D eigenvalue weighted by Gasteiger charge is 2.24. The largest absolute Gasteiger partial charge is 0.303 e. The first-order valence-electron chi connectivity index (χ1n) is 6.29. The fourth-order valence-corrected chi connectivity index (χ4v) is 2.79. The SMILES string of the molecule is CC(C#N)OP(NN(C(C)C)C(C)C)OC(C)C#N. The summed E-state index contributed by atoms with van der Waals surface area (Å²) in [5, 5.41) is 22.7. The molecular formula is C12H23N4O2P. The van der Waals surface area contributed by atoms with E-state index in [1.165, 1.54) is 0 Å². The summed E-state index contributed by atoms with van der Waals surface area (Å²) in [6, 6.07) is 4.47. The molecule has 0 aromatic carbocycles. The molecule has 2 atom stereocenters. The van der Waals surface area contributed by atoms with Gasteiger partial charge in [-0.3, -0.25) is 0 Å². The summed E-state index contributed by atoms with van der Waals surface area (Å²) in [4.78, 5) is 0. The number of rotatable bonds is 8. The van der Waals surface area contributed by atoms with E-state index in [2.05, 4.69) is 5.20 Å². The first-order valence-corrected chi connectivity index (χ1v) is 7.47. The molecular weight excluding hydrogens is 263 g/mol. The van der Waals surface area contributed by atoms with Gasteiger partial charge in [0.25, 0.3) is 8.53 Å². The van der Waals surface area contributed by atoms with Crippen LogP contribution in [0, 0.1) is 22.7 Å². The van der Waals surface area contributed by atoms with E-state index < -0.39 is 20.7 Å². The van der Waals surface area contributed by atoms with Crippen LogP contribution in [0.25, 0.3) is 0 Å². The van der Waals surface area contributed by atoms with Crippen molar-refractivity contribution in [2.24, 2.45) is 0 Å². The molecule has 1 N–H and O–H groups in total. The summed E-state index contributed by atoms with van der Waals surface area (Å²) >= 11 is 0. The Morgan fingerprint density at radius 3 is 1.53 bits per heavy atom. The third kappa shape index (κ3) is 7.42. The highest BCUT2D eigenvalue weighted by atomic mass is 31.2. The van der Waals surface area contributed by atoms with Crippen LogP contribution in [0.15, 0.2) is 0 Å². The Balaban J connectivity index is 4.73. The molecule has 108 valence electrons. The lowest BCUT2D eigenvalue weighted by molar-refractivity contribution is 0.112. The quantitative estimate of drug-likeness (QED) is 0.545. The van der Waals surface area contributed by atoms with Crippen LogP contribution in [0.1, 0.15) is 41.5 Å². The lowest BCUT2D eigenvalue weighted by atomic mass is 10.3. The number of hydrogen-bond donors (Lipinski definition) is 1. The minimum atomic E-state index is -1.52. The van der Waals surface area contributed by atoms with Crippen molar-refractivity contribution in [2.45, 2.75) is 65.8 Å². The van der Waals surface area contributed by atoms with Gasteiger partial charge in [-0.15, -0.1) is 0 Å². The Kier molecular flexibility index (Phi) is 8.84. The molecule has 0 aliphatic carbocycles. The first-order chi connectivity index (χ1) is 8.81. The van der Waals surface area contributed by atoms with E-state index in [4.69, 9.17) is 19.6 Å². The van der Waals surface area contributed by atoms with Crippen molar-refractivity contribution in [2.75, 3.05) is 0 Å². The van der Waals surface area contributed by atoms with Gasteiger partial charge >= 0.3 is 0 Å². The van der Waals surface area contributed by atoms with Gasteiger partial charge in [-0.25, -0.2) is 5.01 Å². The molecule has 0 rings (SSSR count). The van der Waals surface area contributed by atoms with Crippen molar-refractivity contribution in [3.05, 3.63) is 0 Å². The standard InChI is InChI=1S/C12H23N4O2P/c1-9(2)16(10(3)4)15-19(17-11(5)7-13)18-12(6)8-14/h9-12,15H,1-6H3. The highest BCUT2D eigenvalue weighted by Crippen LogP contribution is 2.37. The van der Waals surface area contributed by atoms with Crippen molar-refractivity contribution >= 4 is 8.53 Å². The zero-order valence-corrected chi connectivity index (χ0v) is 13.3. The Hall–Kier alpha value is -0.750. The molecule has 0 aromatic rings. The van der Waals surface area contributed by atoms with Crippen LogP contribution in [0.5, 0.6) is 0 Å². The smallest absolute Gasteiger partial charge is 0.273 e. The number of hydrazine groups is 1. The Morgan fingerprint density at radius 1 is 0.895 bits per heavy atom. The molecule has 19 heavy (non-hydrogen) atoms. The van der Waals surface area contributed by atoms with Crippen LogP contribution in [0.4, 0.5) is 0 Å². The van der Waals surface area contributed by atoms with Crippen LogP contribution < -0.4 is 5.20 Å². The van der Waals surface area contributed by atoms with Gasteiger partial charge in [-0.05, 0) is 41.5 Å². The average Bonchev–Trinajstić information content (AvgIpc) is 2.34. The number of nitrogens with zero attached hydrogens (tertiary/aromatic N) is 3. The molecule has 0 aromatic heterocycles. The predicted molar refractivity (Wildman–Crippen MR) is 74.5 cm³/mol. The maximum atomic E-state index is 8.80. The fraction of sp³-hybridized carbons (Fsp3) is 0.833. The van der Waals surface area contributed by atoms with Gasteiger partial charge in [-0.1, -0.05) is 0 Å². The Bertz CT molecular complexity index is 308. The summed E-state index contributed by atoms with van der Waals surface area (Å²) in [5.74, 6) is 0. The minimum Gasteiger partial charge on any atom is -0.303 e. The number of nitriles is 2. The molecule has 0 bridgehead atoms. The fourth-order valence-electron chi connectivity index (χ4n) is 1.33. The van der Waals surface area contributed by atoms with Crippen molar-refractivity contribution in [3.63, 3.8) is 0 Å². The lowest BCUT2D eigenvalue weighted by Crippen LogP contribution is -2.45. The Morgan fingerprint density at radius 2 is 1.26 bits per heavy atom. The normalized spacial score (nSPS) is 16.2. The summed E-state index contributed by atoms with van der Waals surface area (Å²) in [6.07, 6.45) is -1.18. The molecule has 0 heterocycles.